The molecule has 29 heavy (non-hydrogen) atoms. The summed E-state index contributed by atoms with van der Waals surface area (Å²) in [7, 11) is 0. The number of benzene rings is 2. The summed E-state index contributed by atoms with van der Waals surface area (Å²) in [5.41, 5.74) is 4.46. The number of carbonyl (C=O) groups excluding carboxylic acids is 1. The smallest absolute Gasteiger partial charge is 0.409 e. The minimum atomic E-state index is -0.600. The van der Waals surface area contributed by atoms with Crippen LogP contribution in [0.3, 0.4) is 0 Å². The molecule has 2 atom stereocenters. The van der Waals surface area contributed by atoms with Crippen molar-refractivity contribution < 1.29 is 19.4 Å². The summed E-state index contributed by atoms with van der Waals surface area (Å²) in [4.78, 5) is 14.3. The monoisotopic (exact) mass is 395 g/mol. The molecule has 154 valence electrons. The molecule has 0 radical (unpaired) electrons. The van der Waals surface area contributed by atoms with Crippen molar-refractivity contribution in [2.24, 2.45) is 0 Å². The van der Waals surface area contributed by atoms with Crippen LogP contribution >= 0.6 is 0 Å². The van der Waals surface area contributed by atoms with Gasteiger partial charge in [0.1, 0.15) is 6.61 Å². The van der Waals surface area contributed by atoms with Gasteiger partial charge in [-0.1, -0.05) is 48.5 Å². The van der Waals surface area contributed by atoms with E-state index in [9.17, 15) is 9.90 Å². The van der Waals surface area contributed by atoms with E-state index >= 15 is 0 Å². The van der Waals surface area contributed by atoms with E-state index < -0.39 is 12.2 Å². The van der Waals surface area contributed by atoms with Gasteiger partial charge in [-0.2, -0.15) is 0 Å². The average Bonchev–Trinajstić information content (AvgIpc) is 2.98. The Hall–Kier alpha value is -2.37. The number of fused-ring (bicyclic) bond motifs is 3. The molecular weight excluding hydrogens is 366 g/mol. The summed E-state index contributed by atoms with van der Waals surface area (Å²) in [6.45, 7) is 6.93. The number of likely N-dealkylation sites (tertiary alicyclic amines) is 1. The number of aliphatic hydroxyl groups excluding tert-OH is 1. The molecule has 0 bridgehead atoms. The topological polar surface area (TPSA) is 59.0 Å². The van der Waals surface area contributed by atoms with Crippen LogP contribution in [-0.4, -0.2) is 53.6 Å². The molecule has 1 N–H and O–H groups in total. The number of ether oxygens (including phenoxy) is 2. The Balaban J connectivity index is 1.44. The highest BCUT2D eigenvalue weighted by Crippen LogP contribution is 2.44. The maximum absolute atomic E-state index is 12.8. The lowest BCUT2D eigenvalue weighted by atomic mass is 9.98. The van der Waals surface area contributed by atoms with Gasteiger partial charge in [0.05, 0.1) is 30.9 Å². The zero-order valence-electron chi connectivity index (χ0n) is 17.3. The standard InChI is InChI=1S/C24H29NO4/c1-24(2,3)29-17-12-16(26)13-25(14-17)23(27)28-15-22-20-10-6-4-8-18(20)19-9-5-7-11-21(19)22/h4-11,16-17,22,26H,12-15H2,1-3H3/t16-,17-/m1/s1. The van der Waals surface area contributed by atoms with Crippen LogP contribution in [0.2, 0.25) is 0 Å². The Morgan fingerprint density at radius 2 is 1.62 bits per heavy atom. The fourth-order valence-electron chi connectivity index (χ4n) is 4.45. The predicted molar refractivity (Wildman–Crippen MR) is 112 cm³/mol. The Morgan fingerprint density at radius 1 is 1.03 bits per heavy atom. The molecule has 0 aromatic heterocycles. The van der Waals surface area contributed by atoms with Crippen LogP contribution in [0.5, 0.6) is 0 Å². The Morgan fingerprint density at radius 3 is 2.21 bits per heavy atom. The molecule has 5 nitrogen and oxygen atoms in total. The van der Waals surface area contributed by atoms with Crippen molar-refractivity contribution in [3.63, 3.8) is 0 Å². The first-order valence-corrected chi connectivity index (χ1v) is 10.3. The van der Waals surface area contributed by atoms with Gasteiger partial charge in [0.25, 0.3) is 0 Å². The highest BCUT2D eigenvalue weighted by molar-refractivity contribution is 5.79. The predicted octanol–water partition coefficient (Wildman–Crippen LogP) is 4.19. The first-order valence-electron chi connectivity index (χ1n) is 10.3. The molecule has 2 aliphatic rings. The average molecular weight is 395 g/mol. The summed E-state index contributed by atoms with van der Waals surface area (Å²) < 4.78 is 11.7. The number of amides is 1. The van der Waals surface area contributed by atoms with Gasteiger partial charge < -0.3 is 19.5 Å². The molecule has 1 fully saturated rings. The highest BCUT2D eigenvalue weighted by Gasteiger charge is 2.34. The second-order valence-corrected chi connectivity index (χ2v) is 8.95. The zero-order chi connectivity index (χ0) is 20.6. The van der Waals surface area contributed by atoms with Crippen molar-refractivity contribution in [2.75, 3.05) is 19.7 Å². The van der Waals surface area contributed by atoms with Gasteiger partial charge in [0, 0.05) is 12.3 Å². The second kappa shape index (κ2) is 7.81. The molecule has 1 aliphatic heterocycles. The minimum Gasteiger partial charge on any atom is -0.448 e. The first kappa shape index (κ1) is 19.9. The molecule has 1 saturated heterocycles. The van der Waals surface area contributed by atoms with Gasteiger partial charge in [-0.25, -0.2) is 4.79 Å². The van der Waals surface area contributed by atoms with Gasteiger partial charge in [0.2, 0.25) is 0 Å². The molecule has 1 aliphatic carbocycles. The quantitative estimate of drug-likeness (QED) is 0.847. The molecule has 1 heterocycles. The Bertz CT molecular complexity index is 843. The first-order chi connectivity index (χ1) is 13.8. The maximum Gasteiger partial charge on any atom is 0.409 e. The SMILES string of the molecule is CC(C)(C)O[C@@H]1C[C@@H](O)CN(C(=O)OCC2c3ccccc3-c3ccccc32)C1. The van der Waals surface area contributed by atoms with E-state index in [0.29, 0.717) is 13.0 Å². The van der Waals surface area contributed by atoms with E-state index in [4.69, 9.17) is 9.47 Å². The highest BCUT2D eigenvalue weighted by atomic mass is 16.6. The van der Waals surface area contributed by atoms with Crippen LogP contribution in [0, 0.1) is 0 Å². The molecule has 0 saturated carbocycles. The molecule has 5 heteroatoms. The number of hydrogen-bond donors (Lipinski definition) is 1. The van der Waals surface area contributed by atoms with E-state index in [2.05, 4.69) is 24.3 Å². The second-order valence-electron chi connectivity index (χ2n) is 8.95. The van der Waals surface area contributed by atoms with Gasteiger partial charge in [-0.3, -0.25) is 0 Å². The third-order valence-corrected chi connectivity index (χ3v) is 5.50. The van der Waals surface area contributed by atoms with Crippen LogP contribution in [0.25, 0.3) is 11.1 Å². The molecule has 0 spiro atoms. The van der Waals surface area contributed by atoms with Crippen LogP contribution < -0.4 is 0 Å². The lowest BCUT2D eigenvalue weighted by Gasteiger charge is -2.38. The largest absolute Gasteiger partial charge is 0.448 e. The van der Waals surface area contributed by atoms with Crippen molar-refractivity contribution in [3.8, 4) is 11.1 Å². The lowest BCUT2D eigenvalue weighted by Crippen LogP contribution is -2.51. The fourth-order valence-corrected chi connectivity index (χ4v) is 4.45. The van der Waals surface area contributed by atoms with Gasteiger partial charge in [0.15, 0.2) is 0 Å². The van der Waals surface area contributed by atoms with Crippen LogP contribution in [-0.2, 0) is 9.47 Å². The van der Waals surface area contributed by atoms with Crippen LogP contribution in [0.15, 0.2) is 48.5 Å². The van der Waals surface area contributed by atoms with Crippen molar-refractivity contribution >= 4 is 6.09 Å². The van der Waals surface area contributed by atoms with E-state index in [1.165, 1.54) is 22.3 Å². The van der Waals surface area contributed by atoms with Crippen LogP contribution in [0.4, 0.5) is 4.79 Å². The summed E-state index contributed by atoms with van der Waals surface area (Å²) >= 11 is 0. The molecule has 2 aromatic rings. The number of piperidine rings is 1. The summed E-state index contributed by atoms with van der Waals surface area (Å²) in [5, 5.41) is 10.2. The minimum absolute atomic E-state index is 0.0303. The van der Waals surface area contributed by atoms with Gasteiger partial charge in [-0.05, 0) is 43.0 Å². The van der Waals surface area contributed by atoms with E-state index in [1.807, 2.05) is 45.0 Å². The van der Waals surface area contributed by atoms with Crippen molar-refractivity contribution in [2.45, 2.75) is 50.9 Å². The number of rotatable bonds is 3. The number of β-amino-alcohol motifs (C(OH)–C–C–N with tert-alkyl or cyclic N) is 1. The molecule has 4 rings (SSSR count). The molecular formula is C24H29NO4. The van der Waals surface area contributed by atoms with Gasteiger partial charge in [-0.15, -0.1) is 0 Å². The lowest BCUT2D eigenvalue weighted by molar-refractivity contribution is -0.106. The number of aliphatic hydroxyl groups is 1. The van der Waals surface area contributed by atoms with E-state index in [-0.39, 0.29) is 30.8 Å². The third-order valence-electron chi connectivity index (χ3n) is 5.50. The van der Waals surface area contributed by atoms with Crippen molar-refractivity contribution in [3.05, 3.63) is 59.7 Å². The number of carbonyl (C=O) groups is 1. The van der Waals surface area contributed by atoms with Crippen molar-refractivity contribution in [1.82, 2.24) is 4.90 Å². The normalized spacial score (nSPS) is 21.6. The number of hydrogen-bond acceptors (Lipinski definition) is 4. The Labute approximate surface area is 172 Å². The van der Waals surface area contributed by atoms with Crippen molar-refractivity contribution in [1.29, 1.82) is 0 Å². The Kier molecular flexibility index (Phi) is 5.36. The molecule has 2 aromatic carbocycles. The molecule has 0 unspecified atom stereocenters. The third kappa shape index (κ3) is 4.31. The molecule has 1 amide bonds. The summed E-state index contributed by atoms with van der Waals surface area (Å²) in [6, 6.07) is 16.6. The van der Waals surface area contributed by atoms with E-state index in [0.717, 1.165) is 0 Å². The number of nitrogens with zero attached hydrogens (tertiary/aromatic N) is 1. The van der Waals surface area contributed by atoms with E-state index in [1.54, 1.807) is 4.90 Å². The maximum atomic E-state index is 12.8. The zero-order valence-corrected chi connectivity index (χ0v) is 17.3. The van der Waals surface area contributed by atoms with Crippen LogP contribution in [0.1, 0.15) is 44.2 Å². The summed E-state index contributed by atoms with van der Waals surface area (Å²) in [5.74, 6) is 0.0303. The fraction of sp³-hybridized carbons (Fsp3) is 0.458. The summed E-state index contributed by atoms with van der Waals surface area (Å²) in [6.07, 6.45) is -0.659. The van der Waals surface area contributed by atoms with Gasteiger partial charge >= 0.3 is 6.09 Å².